The van der Waals surface area contributed by atoms with E-state index in [0.717, 1.165) is 0 Å². The number of benzene rings is 1. The predicted molar refractivity (Wildman–Crippen MR) is 113 cm³/mol. The van der Waals surface area contributed by atoms with Crippen LogP contribution in [0.3, 0.4) is 0 Å². The van der Waals surface area contributed by atoms with Crippen molar-refractivity contribution >= 4 is 44.0 Å². The van der Waals surface area contributed by atoms with Gasteiger partial charge < -0.3 is 25.2 Å². The maximum Gasteiger partial charge on any atom is 0.466 e. The fraction of sp³-hybridized carbons (Fsp3) is 0.444. The summed E-state index contributed by atoms with van der Waals surface area (Å²) in [6.07, 6.45) is -4.60. The number of carbonyl (C=O) groups is 1. The Morgan fingerprint density at radius 3 is 2.53 bits per heavy atom. The summed E-state index contributed by atoms with van der Waals surface area (Å²) < 4.78 is 41.9. The molecule has 3 rings (SSSR count). The van der Waals surface area contributed by atoms with Crippen LogP contribution in [0.25, 0.3) is 10.9 Å². The smallest absolute Gasteiger partial charge is 0.394 e. The third-order valence-corrected chi connectivity index (χ3v) is 6.19. The monoisotopic (exact) mass is 490 g/mol. The van der Waals surface area contributed by atoms with Crippen molar-refractivity contribution in [3.05, 3.63) is 36.0 Å². The lowest BCUT2D eigenvalue weighted by atomic mass is 10.0. The molecule has 176 valence electrons. The van der Waals surface area contributed by atoms with Gasteiger partial charge in [0.15, 0.2) is 0 Å². The van der Waals surface area contributed by atoms with Gasteiger partial charge in [-0.05, 0) is 11.6 Å². The minimum absolute atomic E-state index is 0.0987. The van der Waals surface area contributed by atoms with Crippen molar-refractivity contribution in [2.24, 2.45) is 5.16 Å². The lowest BCUT2D eigenvalue weighted by molar-refractivity contribution is -0.205. The minimum atomic E-state index is -4.94. The number of aromatic nitrogens is 1. The lowest BCUT2D eigenvalue weighted by Gasteiger charge is -2.39. The maximum absolute atomic E-state index is 12.0. The summed E-state index contributed by atoms with van der Waals surface area (Å²) >= 11 is 0.661. The minimum Gasteiger partial charge on any atom is -0.394 e. The van der Waals surface area contributed by atoms with E-state index in [9.17, 15) is 33.6 Å². The number of fused-ring (bicyclic) bond motifs is 1. The summed E-state index contributed by atoms with van der Waals surface area (Å²) in [5.41, 5.74) is -0.121. The van der Waals surface area contributed by atoms with Crippen LogP contribution in [0.5, 0.6) is 0 Å². The van der Waals surface area contributed by atoms with E-state index in [4.69, 9.17) is 9.29 Å². The normalized spacial score (nSPS) is 26.9. The number of para-hydroxylation sites is 1. The molecule has 1 aromatic heterocycles. The average Bonchev–Trinajstić information content (AvgIpc) is 3.10. The summed E-state index contributed by atoms with van der Waals surface area (Å²) in [4.78, 5) is 12.0. The number of rotatable bonds is 6. The molecule has 0 bridgehead atoms. The van der Waals surface area contributed by atoms with Crippen molar-refractivity contribution in [2.45, 2.75) is 43.2 Å². The van der Waals surface area contributed by atoms with Crippen LogP contribution in [0, 0.1) is 0 Å². The van der Waals surface area contributed by atoms with E-state index in [1.165, 1.54) is 17.7 Å². The number of nitrogens with zero attached hydrogens (tertiary/aromatic N) is 2. The number of oxime groups is 1. The zero-order chi connectivity index (χ0) is 23.6. The van der Waals surface area contributed by atoms with Crippen molar-refractivity contribution in [1.82, 2.24) is 4.57 Å². The lowest BCUT2D eigenvalue weighted by Crippen LogP contribution is -2.57. The highest BCUT2D eigenvalue weighted by Gasteiger charge is 2.44. The van der Waals surface area contributed by atoms with Gasteiger partial charge in [-0.3, -0.25) is 13.9 Å². The molecule has 0 spiro atoms. The van der Waals surface area contributed by atoms with Crippen molar-refractivity contribution in [1.29, 1.82) is 0 Å². The number of carbonyl (C=O) groups excluding carboxylic acids is 1. The number of aliphatic hydroxyl groups excluding tert-OH is 4. The van der Waals surface area contributed by atoms with Gasteiger partial charge in [0.05, 0.1) is 12.1 Å². The number of aliphatic hydroxyl groups is 4. The molecule has 2 aromatic rings. The topological polar surface area (TPSA) is 188 Å². The molecule has 1 aliphatic heterocycles. The van der Waals surface area contributed by atoms with E-state index < -0.39 is 46.9 Å². The first-order valence-corrected chi connectivity index (χ1v) is 11.6. The van der Waals surface area contributed by atoms with E-state index in [0.29, 0.717) is 28.2 Å². The van der Waals surface area contributed by atoms with Gasteiger partial charge in [-0.2, -0.15) is 8.42 Å². The Labute approximate surface area is 187 Å². The van der Waals surface area contributed by atoms with Gasteiger partial charge in [-0.1, -0.05) is 35.1 Å². The molecule has 1 saturated heterocycles. The third-order valence-electron chi connectivity index (χ3n) is 4.81. The molecule has 0 saturated carbocycles. The SMILES string of the molecule is CC(=O)n1cc(CC(=NOS(=O)(=O)O)S[C@@H]2O[C@H](CO)[C@@H](O)[C@@H](O)[C@H]2O)c2ccccc21. The predicted octanol–water partition coefficient (Wildman–Crippen LogP) is -0.490. The van der Waals surface area contributed by atoms with Crippen LogP contribution >= 0.6 is 11.8 Å². The molecule has 5 atom stereocenters. The van der Waals surface area contributed by atoms with Crippen molar-refractivity contribution < 1.29 is 47.2 Å². The molecule has 1 fully saturated rings. The Hall–Kier alpha value is -2.04. The van der Waals surface area contributed by atoms with Crippen molar-refractivity contribution in [3.63, 3.8) is 0 Å². The first kappa shape index (κ1) is 24.6. The van der Waals surface area contributed by atoms with Crippen molar-refractivity contribution in [3.8, 4) is 0 Å². The van der Waals surface area contributed by atoms with Crippen LogP contribution < -0.4 is 0 Å². The number of ether oxygens (including phenoxy) is 1. The second-order valence-electron chi connectivity index (χ2n) is 7.04. The van der Waals surface area contributed by atoms with E-state index >= 15 is 0 Å². The van der Waals surface area contributed by atoms with Crippen LogP contribution in [0.2, 0.25) is 0 Å². The Kier molecular flexibility index (Phi) is 7.57. The maximum atomic E-state index is 12.0. The molecule has 14 heteroatoms. The summed E-state index contributed by atoms with van der Waals surface area (Å²) in [7, 11) is -4.94. The van der Waals surface area contributed by atoms with Crippen LogP contribution in [0.15, 0.2) is 35.6 Å². The fourth-order valence-electron chi connectivity index (χ4n) is 3.30. The van der Waals surface area contributed by atoms with Gasteiger partial charge in [0, 0.05) is 24.9 Å². The summed E-state index contributed by atoms with van der Waals surface area (Å²) in [6, 6.07) is 6.94. The van der Waals surface area contributed by atoms with Gasteiger partial charge in [-0.25, -0.2) is 4.28 Å². The highest BCUT2D eigenvalue weighted by Crippen LogP contribution is 2.31. The number of thioether (sulfide) groups is 1. The van der Waals surface area contributed by atoms with Gasteiger partial charge >= 0.3 is 10.4 Å². The number of hydrogen-bond acceptors (Lipinski definition) is 11. The first-order valence-electron chi connectivity index (χ1n) is 9.32. The van der Waals surface area contributed by atoms with E-state index in [-0.39, 0.29) is 17.4 Å². The Morgan fingerprint density at radius 2 is 1.91 bits per heavy atom. The fourth-order valence-corrected chi connectivity index (χ4v) is 4.61. The molecular formula is C18H22N2O10S2. The molecule has 0 aliphatic carbocycles. The second-order valence-corrected chi connectivity index (χ2v) is 9.22. The number of hydrogen-bond donors (Lipinski definition) is 5. The molecule has 1 aliphatic rings. The van der Waals surface area contributed by atoms with Gasteiger partial charge in [0.25, 0.3) is 0 Å². The second kappa shape index (κ2) is 9.84. The molecule has 5 N–H and O–H groups in total. The largest absolute Gasteiger partial charge is 0.466 e. The van der Waals surface area contributed by atoms with Gasteiger partial charge in [-0.15, -0.1) is 0 Å². The molecule has 0 unspecified atom stereocenters. The van der Waals surface area contributed by atoms with E-state index in [1.807, 2.05) is 0 Å². The van der Waals surface area contributed by atoms with E-state index in [2.05, 4.69) is 9.44 Å². The van der Waals surface area contributed by atoms with Crippen LogP contribution in [0.4, 0.5) is 0 Å². The average molecular weight is 491 g/mol. The first-order chi connectivity index (χ1) is 15.0. The summed E-state index contributed by atoms with van der Waals surface area (Å²) in [5.74, 6) is -0.262. The van der Waals surface area contributed by atoms with E-state index in [1.54, 1.807) is 24.3 Å². The van der Waals surface area contributed by atoms with Gasteiger partial charge in [0.1, 0.15) is 34.9 Å². The zero-order valence-electron chi connectivity index (χ0n) is 16.7. The molecular weight excluding hydrogens is 468 g/mol. The van der Waals surface area contributed by atoms with Crippen molar-refractivity contribution in [2.75, 3.05) is 6.61 Å². The molecule has 2 heterocycles. The molecule has 32 heavy (non-hydrogen) atoms. The summed E-state index contributed by atoms with van der Waals surface area (Å²) in [6.45, 7) is 0.720. The standard InChI is InChI=1S/C18H22N2O10S2/c1-9(22)20-7-10(11-4-2-3-5-12(11)20)6-14(19-30-32(26,27)28)31-18-17(25)16(24)15(23)13(8-21)29-18/h2-5,7,13,15-18,21,23-25H,6,8H2,1H3,(H,26,27,28)/t13-,15-,16-,17-,18+/m1/s1. The Bertz CT molecular complexity index is 1110. The van der Waals surface area contributed by atoms with Gasteiger partial charge in [0.2, 0.25) is 5.91 Å². The molecule has 12 nitrogen and oxygen atoms in total. The Balaban J connectivity index is 1.94. The molecule has 0 amide bonds. The van der Waals surface area contributed by atoms with Crippen LogP contribution in [-0.2, 0) is 25.8 Å². The quantitative estimate of drug-likeness (QED) is 0.152. The molecule has 1 aromatic carbocycles. The van der Waals surface area contributed by atoms with Crippen LogP contribution in [-0.4, -0.2) is 85.4 Å². The molecule has 0 radical (unpaired) electrons. The third kappa shape index (κ3) is 5.47. The van der Waals surface area contributed by atoms with Crippen LogP contribution in [0.1, 0.15) is 17.3 Å². The Morgan fingerprint density at radius 1 is 1.22 bits per heavy atom. The highest BCUT2D eigenvalue weighted by molar-refractivity contribution is 8.14. The zero-order valence-corrected chi connectivity index (χ0v) is 18.3. The highest BCUT2D eigenvalue weighted by atomic mass is 32.3. The summed E-state index contributed by atoms with van der Waals surface area (Å²) in [5, 5.41) is 43.5.